The summed E-state index contributed by atoms with van der Waals surface area (Å²) in [6.07, 6.45) is 12.1. The maximum absolute atomic E-state index is 15.3. The van der Waals surface area contributed by atoms with E-state index in [0.717, 1.165) is 114 Å². The van der Waals surface area contributed by atoms with Crippen molar-refractivity contribution in [2.75, 3.05) is 46.0 Å². The Balaban J connectivity index is 1.05. The molecule has 16 nitrogen and oxygen atoms in total. The molecule has 5 unspecified atom stereocenters. The van der Waals surface area contributed by atoms with E-state index in [4.69, 9.17) is 23.9 Å². The van der Waals surface area contributed by atoms with Gasteiger partial charge in [0.05, 0.1) is 35.6 Å². The molecule has 2 aromatic rings. The van der Waals surface area contributed by atoms with Crippen molar-refractivity contribution in [1.29, 1.82) is 0 Å². The van der Waals surface area contributed by atoms with Gasteiger partial charge in [0.2, 0.25) is 27.7 Å². The van der Waals surface area contributed by atoms with Crippen molar-refractivity contribution in [2.45, 2.75) is 158 Å². The Morgan fingerprint density at radius 3 is 2.55 bits per heavy atom. The van der Waals surface area contributed by atoms with Crippen LogP contribution in [-0.4, -0.2) is 128 Å². The number of sulfonamides is 1. The number of rotatable bonds is 12. The number of carbonyl (C=O) groups excluding carboxylic acids is 4. The molecule has 4 saturated carbocycles. The summed E-state index contributed by atoms with van der Waals surface area (Å²) in [6, 6.07) is 5.71. The topological polar surface area (TPSA) is 195 Å². The number of nitrogens with zero attached hydrogens (tertiary/aromatic N) is 3. The molecule has 2 saturated heterocycles. The Morgan fingerprint density at radius 1 is 0.985 bits per heavy atom. The minimum Gasteiger partial charge on any atom is -0.492 e. The van der Waals surface area contributed by atoms with Crippen molar-refractivity contribution < 1.29 is 46.5 Å². The van der Waals surface area contributed by atoms with Crippen molar-refractivity contribution in [3.63, 3.8) is 0 Å². The second-order valence-electron chi connectivity index (χ2n) is 21.0. The zero-order valence-corrected chi connectivity index (χ0v) is 40.2. The molecule has 4 aliphatic carbocycles. The third-order valence-electron chi connectivity index (χ3n) is 15.9. The highest BCUT2D eigenvalue weighted by Gasteiger charge is 2.63. The third kappa shape index (κ3) is 10.3. The van der Waals surface area contributed by atoms with E-state index in [9.17, 15) is 22.8 Å². The fourth-order valence-corrected chi connectivity index (χ4v) is 12.3. The first-order chi connectivity index (χ1) is 32.2. The number of hydrogen-bond donors (Lipinski definition) is 3. The quantitative estimate of drug-likeness (QED) is 0.174. The standard InChI is InChI=1S/C50H70N6O10S/c1-4-34-31-50(34,46(59)54-67(61,62)49(3)21-22-49)53-43(57)39-30-35-32-56(39)45(58)42(48(2)19-11-6-12-20-48)52-47(60)66-40-29-33(40)15-7-5-8-17-37-41(36-16-9-10-18-38(36)51-44(37)65-35)64-27-14-24-55-23-13-26-63-28-25-55/h4,9-10,16,18,33-35,39-40,42H,1,5-8,11-15,17,19-32H2,2-3H3,(H,52,60)(H,53,57)(H,54,59)/t33?,34-,35?,39?,40?,42?,50-/m1/s1. The van der Waals surface area contributed by atoms with Gasteiger partial charge in [0.25, 0.3) is 5.91 Å². The second kappa shape index (κ2) is 19.5. The summed E-state index contributed by atoms with van der Waals surface area (Å²) in [5.41, 5.74) is -0.663. The number of para-hydroxylation sites is 1. The van der Waals surface area contributed by atoms with Gasteiger partial charge in [0.15, 0.2) is 0 Å². The Bertz CT molecular complexity index is 2310. The van der Waals surface area contributed by atoms with Gasteiger partial charge in [0.1, 0.15) is 35.6 Å². The number of fused-ring (bicyclic) bond motifs is 5. The first kappa shape index (κ1) is 47.6. The summed E-state index contributed by atoms with van der Waals surface area (Å²) >= 11 is 0. The van der Waals surface area contributed by atoms with E-state index < -0.39 is 73.6 Å². The number of benzene rings is 1. The van der Waals surface area contributed by atoms with Crippen LogP contribution in [0.4, 0.5) is 4.79 Å². The van der Waals surface area contributed by atoms with Crippen LogP contribution in [0.1, 0.15) is 122 Å². The highest BCUT2D eigenvalue weighted by atomic mass is 32.2. The number of amides is 4. The number of nitrogens with one attached hydrogen (secondary N) is 3. The first-order valence-corrected chi connectivity index (χ1v) is 26.5. The monoisotopic (exact) mass is 946 g/mol. The summed E-state index contributed by atoms with van der Waals surface area (Å²) < 4.78 is 53.1. The highest BCUT2D eigenvalue weighted by Crippen LogP contribution is 2.48. The predicted molar refractivity (Wildman–Crippen MR) is 251 cm³/mol. The number of ether oxygens (including phenoxy) is 4. The molecule has 2 bridgehead atoms. The lowest BCUT2D eigenvalue weighted by Gasteiger charge is -2.42. The number of aromatic nitrogens is 1. The van der Waals surface area contributed by atoms with E-state index in [0.29, 0.717) is 50.1 Å². The molecule has 0 radical (unpaired) electrons. The predicted octanol–water partition coefficient (Wildman–Crippen LogP) is 5.70. The van der Waals surface area contributed by atoms with Gasteiger partial charge in [-0.15, -0.1) is 6.58 Å². The minimum absolute atomic E-state index is 0.00850. The van der Waals surface area contributed by atoms with Crippen LogP contribution in [-0.2, 0) is 40.3 Å². The highest BCUT2D eigenvalue weighted by molar-refractivity contribution is 7.91. The Morgan fingerprint density at radius 2 is 1.78 bits per heavy atom. The van der Waals surface area contributed by atoms with Crippen molar-refractivity contribution >= 4 is 44.7 Å². The Hall–Kier alpha value is -4.48. The van der Waals surface area contributed by atoms with Crippen LogP contribution in [0.15, 0.2) is 36.9 Å². The zero-order valence-electron chi connectivity index (χ0n) is 39.4. The normalized spacial score (nSPS) is 30.9. The fourth-order valence-electron chi connectivity index (χ4n) is 11.0. The molecule has 9 rings (SSSR count). The van der Waals surface area contributed by atoms with Crippen molar-refractivity contribution in [3.05, 3.63) is 42.5 Å². The molecule has 7 aliphatic rings. The maximum Gasteiger partial charge on any atom is 0.408 e. The molecular formula is C50H70N6O10S. The van der Waals surface area contributed by atoms with Crippen molar-refractivity contribution in [1.82, 2.24) is 30.1 Å². The third-order valence-corrected chi connectivity index (χ3v) is 18.1. The summed E-state index contributed by atoms with van der Waals surface area (Å²) in [6.45, 7) is 12.3. The van der Waals surface area contributed by atoms with Crippen LogP contribution in [0, 0.1) is 17.3 Å². The second-order valence-corrected chi connectivity index (χ2v) is 23.2. The zero-order chi connectivity index (χ0) is 47.0. The van der Waals surface area contributed by atoms with Gasteiger partial charge >= 0.3 is 6.09 Å². The molecule has 4 heterocycles. The maximum atomic E-state index is 15.3. The molecule has 3 aliphatic heterocycles. The largest absolute Gasteiger partial charge is 0.492 e. The number of hydrogen-bond acceptors (Lipinski definition) is 12. The van der Waals surface area contributed by atoms with E-state index >= 15 is 4.79 Å². The molecular weight excluding hydrogens is 877 g/mol. The lowest BCUT2D eigenvalue weighted by atomic mass is 9.70. The fraction of sp³-hybridized carbons (Fsp3) is 0.700. The Labute approximate surface area is 395 Å². The van der Waals surface area contributed by atoms with Crippen molar-refractivity contribution in [2.24, 2.45) is 17.3 Å². The summed E-state index contributed by atoms with van der Waals surface area (Å²) in [5.74, 6) is -1.05. The van der Waals surface area contributed by atoms with Gasteiger partial charge < -0.3 is 39.4 Å². The molecule has 4 amide bonds. The Kier molecular flexibility index (Phi) is 13.8. The van der Waals surface area contributed by atoms with Crippen LogP contribution < -0.4 is 24.8 Å². The van der Waals surface area contributed by atoms with Crippen LogP contribution in [0.5, 0.6) is 11.6 Å². The van der Waals surface area contributed by atoms with Gasteiger partial charge in [-0.25, -0.2) is 18.2 Å². The van der Waals surface area contributed by atoms with Gasteiger partial charge in [-0.2, -0.15) is 0 Å². The number of carbonyl (C=O) groups is 4. The molecule has 0 spiro atoms. The van der Waals surface area contributed by atoms with E-state index in [2.05, 4.69) is 26.8 Å². The van der Waals surface area contributed by atoms with E-state index in [1.54, 1.807) is 13.0 Å². The molecule has 7 atom stereocenters. The summed E-state index contributed by atoms with van der Waals surface area (Å²) in [5, 5.41) is 6.81. The molecule has 17 heteroatoms. The smallest absolute Gasteiger partial charge is 0.408 e. The number of pyridine rings is 1. The molecule has 1 aromatic heterocycles. The van der Waals surface area contributed by atoms with Crippen LogP contribution in [0.3, 0.4) is 0 Å². The lowest BCUT2D eigenvalue weighted by molar-refractivity contribution is -0.143. The van der Waals surface area contributed by atoms with Crippen LogP contribution >= 0.6 is 0 Å². The van der Waals surface area contributed by atoms with Gasteiger partial charge in [-0.3, -0.25) is 19.1 Å². The summed E-state index contributed by atoms with van der Waals surface area (Å²) in [4.78, 5) is 66.9. The summed E-state index contributed by atoms with van der Waals surface area (Å²) in [7, 11) is -4.02. The molecule has 1 aromatic carbocycles. The molecule has 6 fully saturated rings. The lowest BCUT2D eigenvalue weighted by Crippen LogP contribution is -2.61. The van der Waals surface area contributed by atoms with Gasteiger partial charge in [-0.05, 0) is 101 Å². The van der Waals surface area contributed by atoms with Gasteiger partial charge in [0, 0.05) is 44.0 Å². The average Bonchev–Trinajstić information content (AvgIpc) is 4.26. The molecule has 67 heavy (non-hydrogen) atoms. The number of alkyl carbamates (subject to hydrolysis) is 1. The van der Waals surface area contributed by atoms with E-state index in [1.807, 2.05) is 31.2 Å². The average molecular weight is 947 g/mol. The van der Waals surface area contributed by atoms with E-state index in [1.165, 1.54) is 4.90 Å². The van der Waals surface area contributed by atoms with Crippen molar-refractivity contribution in [3.8, 4) is 11.6 Å². The molecule has 3 N–H and O–H groups in total. The van der Waals surface area contributed by atoms with E-state index in [-0.39, 0.29) is 31.4 Å². The molecule has 366 valence electrons. The minimum atomic E-state index is -4.02. The van der Waals surface area contributed by atoms with Gasteiger partial charge in [-0.1, -0.05) is 57.2 Å². The SMILES string of the molecule is C=C[C@@H]1C[C@]1(NC(=O)C1CC2CN1C(=O)C(C1(C)CCCCC1)NC(=O)OC1CC1CCCCCc1c(nc3ccccc3c1OCCCN1CCCOCC1)O2)C(=O)NS(=O)(=O)C1(C)CC1. The van der Waals surface area contributed by atoms with Crippen LogP contribution in [0.25, 0.3) is 10.9 Å². The van der Waals surface area contributed by atoms with Crippen LogP contribution in [0.2, 0.25) is 0 Å². The first-order valence-electron chi connectivity index (χ1n) is 25.0.